The van der Waals surface area contributed by atoms with Crippen molar-refractivity contribution in [1.29, 1.82) is 0 Å². The number of rotatable bonds is 3. The first-order chi connectivity index (χ1) is 21.5. The molecular weight excluding hydrogens is 588 g/mol. The number of carbonyl (C=O) groups excluding carboxylic acids is 7. The predicted molar refractivity (Wildman–Crippen MR) is 165 cm³/mol. The summed E-state index contributed by atoms with van der Waals surface area (Å²) in [6.45, 7) is 8.86. The Morgan fingerprint density at radius 2 is 0.867 bits per heavy atom. The Balaban J connectivity index is 2.25. The first kappa shape index (κ1) is 37.4. The van der Waals surface area contributed by atoms with Gasteiger partial charge in [-0.1, -0.05) is 0 Å². The summed E-state index contributed by atoms with van der Waals surface area (Å²) in [6, 6.07) is -0.168. The van der Waals surface area contributed by atoms with E-state index in [2.05, 4.69) is 42.1 Å². The van der Waals surface area contributed by atoms with Gasteiger partial charge in [-0.15, -0.1) is 0 Å². The van der Waals surface area contributed by atoms with Gasteiger partial charge in [-0.05, 0) is 6.92 Å². The molecule has 3 fully saturated rings. The van der Waals surface area contributed by atoms with Gasteiger partial charge in [0.15, 0.2) is 0 Å². The highest BCUT2D eigenvalue weighted by molar-refractivity contribution is 5.97. The first-order valence-corrected chi connectivity index (χ1v) is 15.5. The van der Waals surface area contributed by atoms with E-state index in [1.54, 1.807) is 0 Å². The molecule has 254 valence electrons. The van der Waals surface area contributed by atoms with Crippen molar-refractivity contribution >= 4 is 41.4 Å². The lowest BCUT2D eigenvalue weighted by molar-refractivity contribution is -0.131. The van der Waals surface area contributed by atoms with E-state index in [4.69, 9.17) is 0 Å². The normalized spacial score (nSPS) is 24.5. The van der Waals surface area contributed by atoms with E-state index < -0.39 is 35.4 Å². The second kappa shape index (κ2) is 21.0. The zero-order valence-electron chi connectivity index (χ0n) is 26.5. The van der Waals surface area contributed by atoms with Crippen LogP contribution in [0.15, 0.2) is 0 Å². The van der Waals surface area contributed by atoms with Gasteiger partial charge in [0.1, 0.15) is 19.3 Å². The highest BCUT2D eigenvalue weighted by atomic mass is 16.2. The van der Waals surface area contributed by atoms with Gasteiger partial charge < -0.3 is 37.2 Å². The standard InChI is InChI=1S/C28H50N10O7/c1-21(35-22(2)39)20-38-14-8-34-28(45)19-25(42)31-5-11-36-9-3-29-23(40)17-26(43)32-6-12-37(15-16-38)13-7-33-27(44)18-24(41)30-4-10-36/h21H,3-20H2,1-2H3,(H,29,40)(H,30,41)(H,31,42)(H,32,43)(H,33,44)(H,34,45)(H,35,39). The quantitative estimate of drug-likeness (QED) is 0.147. The number of nitrogens with zero attached hydrogens (tertiary/aromatic N) is 3. The van der Waals surface area contributed by atoms with E-state index in [1.807, 2.05) is 16.7 Å². The van der Waals surface area contributed by atoms with Crippen molar-refractivity contribution < 1.29 is 33.6 Å². The molecule has 3 saturated heterocycles. The zero-order chi connectivity index (χ0) is 33.0. The molecule has 1 atom stereocenters. The van der Waals surface area contributed by atoms with Crippen LogP contribution in [0.3, 0.4) is 0 Å². The number of hydrogen-bond donors (Lipinski definition) is 7. The summed E-state index contributed by atoms with van der Waals surface area (Å²) >= 11 is 0. The molecule has 7 amide bonds. The van der Waals surface area contributed by atoms with Crippen LogP contribution in [0.2, 0.25) is 0 Å². The van der Waals surface area contributed by atoms with Gasteiger partial charge >= 0.3 is 0 Å². The SMILES string of the molecule is CC(=O)NC(C)CN1CCNC(=O)CC(=O)NCCN2CCNC(=O)CC(=O)NCCN(CCNC(=O)CC(=O)NCC2)CC1. The van der Waals surface area contributed by atoms with Crippen LogP contribution < -0.4 is 37.2 Å². The molecule has 3 rings (SSSR count). The van der Waals surface area contributed by atoms with Crippen LogP contribution in [0.25, 0.3) is 0 Å². The van der Waals surface area contributed by atoms with E-state index in [1.165, 1.54) is 6.92 Å². The Kier molecular flexibility index (Phi) is 17.4. The third-order valence-electron chi connectivity index (χ3n) is 7.18. The molecule has 0 saturated carbocycles. The molecule has 3 aliphatic heterocycles. The van der Waals surface area contributed by atoms with E-state index in [-0.39, 0.29) is 63.9 Å². The molecule has 0 aromatic rings. The highest BCUT2D eigenvalue weighted by Crippen LogP contribution is 1.97. The first-order valence-electron chi connectivity index (χ1n) is 15.5. The molecule has 17 nitrogen and oxygen atoms in total. The van der Waals surface area contributed by atoms with Crippen molar-refractivity contribution in [3.05, 3.63) is 0 Å². The summed E-state index contributed by atoms with van der Waals surface area (Å²) in [5.41, 5.74) is 0. The minimum absolute atomic E-state index is 0.161. The van der Waals surface area contributed by atoms with Crippen molar-refractivity contribution in [2.45, 2.75) is 39.2 Å². The molecule has 3 heterocycles. The van der Waals surface area contributed by atoms with Crippen LogP contribution in [0.5, 0.6) is 0 Å². The number of hydrogen-bond acceptors (Lipinski definition) is 10. The lowest BCUT2D eigenvalue weighted by Gasteiger charge is -2.30. The molecule has 0 radical (unpaired) electrons. The monoisotopic (exact) mass is 638 g/mol. The molecule has 0 spiro atoms. The minimum atomic E-state index is -0.436. The molecule has 0 aromatic heterocycles. The minimum Gasteiger partial charge on any atom is -0.354 e. The van der Waals surface area contributed by atoms with Crippen LogP contribution >= 0.6 is 0 Å². The smallest absolute Gasteiger partial charge is 0.229 e. The Labute approximate surface area is 264 Å². The molecule has 2 bridgehead atoms. The number of amides is 7. The van der Waals surface area contributed by atoms with Crippen molar-refractivity contribution in [3.8, 4) is 0 Å². The van der Waals surface area contributed by atoms with Crippen LogP contribution in [-0.4, -0.2) is 160 Å². The summed E-state index contributed by atoms with van der Waals surface area (Å²) in [7, 11) is 0. The topological polar surface area (TPSA) is 213 Å². The average molecular weight is 639 g/mol. The fraction of sp³-hybridized carbons (Fsp3) is 0.750. The maximum Gasteiger partial charge on any atom is 0.229 e. The molecule has 3 aliphatic rings. The summed E-state index contributed by atoms with van der Waals surface area (Å²) in [4.78, 5) is 92.1. The van der Waals surface area contributed by atoms with E-state index in [0.717, 1.165) is 0 Å². The molecule has 0 aromatic carbocycles. The van der Waals surface area contributed by atoms with Gasteiger partial charge in [-0.25, -0.2) is 0 Å². The van der Waals surface area contributed by atoms with Gasteiger partial charge in [-0.2, -0.15) is 0 Å². The van der Waals surface area contributed by atoms with E-state index >= 15 is 0 Å². The van der Waals surface area contributed by atoms with E-state index in [9.17, 15) is 33.6 Å². The van der Waals surface area contributed by atoms with Crippen LogP contribution in [0, 0.1) is 0 Å². The van der Waals surface area contributed by atoms with Gasteiger partial charge in [0.05, 0.1) is 0 Å². The highest BCUT2D eigenvalue weighted by Gasteiger charge is 2.18. The summed E-state index contributed by atoms with van der Waals surface area (Å²) in [6.07, 6.45) is -0.972. The van der Waals surface area contributed by atoms with Crippen LogP contribution in [-0.2, 0) is 33.6 Å². The number of fused-ring (bicyclic) bond motifs is 27. The average Bonchev–Trinajstić information content (AvgIpc) is 2.93. The Bertz CT molecular complexity index is 986. The van der Waals surface area contributed by atoms with Crippen LogP contribution in [0.1, 0.15) is 33.1 Å². The number of carbonyl (C=O) groups is 7. The third kappa shape index (κ3) is 17.9. The Morgan fingerprint density at radius 1 is 0.556 bits per heavy atom. The second-order valence-corrected chi connectivity index (χ2v) is 11.2. The maximum atomic E-state index is 12.5. The summed E-state index contributed by atoms with van der Waals surface area (Å²) < 4.78 is 0. The summed E-state index contributed by atoms with van der Waals surface area (Å²) in [5.74, 6) is -2.65. The largest absolute Gasteiger partial charge is 0.354 e. The number of nitrogens with one attached hydrogen (secondary N) is 7. The second-order valence-electron chi connectivity index (χ2n) is 11.2. The van der Waals surface area contributed by atoms with Gasteiger partial charge in [-0.3, -0.25) is 48.3 Å². The van der Waals surface area contributed by atoms with Crippen LogP contribution in [0.4, 0.5) is 0 Å². The molecule has 7 N–H and O–H groups in total. The van der Waals surface area contributed by atoms with Gasteiger partial charge in [0, 0.05) is 111 Å². The van der Waals surface area contributed by atoms with Crippen molar-refractivity contribution in [2.24, 2.45) is 0 Å². The molecular formula is C28H50N10O7. The van der Waals surface area contributed by atoms with Gasteiger partial charge in [0.2, 0.25) is 41.4 Å². The summed E-state index contributed by atoms with van der Waals surface area (Å²) in [5, 5.41) is 19.4. The molecule has 17 heteroatoms. The van der Waals surface area contributed by atoms with Crippen molar-refractivity contribution in [3.63, 3.8) is 0 Å². The van der Waals surface area contributed by atoms with Gasteiger partial charge in [0.25, 0.3) is 0 Å². The maximum absolute atomic E-state index is 12.5. The fourth-order valence-electron chi connectivity index (χ4n) is 4.96. The van der Waals surface area contributed by atoms with Crippen molar-refractivity contribution in [2.75, 3.05) is 98.2 Å². The third-order valence-corrected chi connectivity index (χ3v) is 7.18. The fourth-order valence-corrected chi connectivity index (χ4v) is 4.96. The zero-order valence-corrected chi connectivity index (χ0v) is 26.5. The van der Waals surface area contributed by atoms with E-state index in [0.29, 0.717) is 65.4 Å². The van der Waals surface area contributed by atoms with Crippen molar-refractivity contribution in [1.82, 2.24) is 51.9 Å². The molecule has 0 aliphatic carbocycles. The molecule has 1 unspecified atom stereocenters. The molecule has 45 heavy (non-hydrogen) atoms. The predicted octanol–water partition coefficient (Wildman–Crippen LogP) is -4.69. The lowest BCUT2D eigenvalue weighted by atomic mass is 10.2. The Hall–Kier alpha value is -3.83. The lowest BCUT2D eigenvalue weighted by Crippen LogP contribution is -2.48. The Morgan fingerprint density at radius 3 is 1.20 bits per heavy atom.